The van der Waals surface area contributed by atoms with Crippen molar-refractivity contribution in [3.05, 3.63) is 71.7 Å². The van der Waals surface area contributed by atoms with E-state index in [1.165, 1.54) is 28.8 Å². The molecule has 0 aliphatic carbocycles. The molecule has 3 aliphatic heterocycles. The van der Waals surface area contributed by atoms with Crippen LogP contribution in [-0.4, -0.2) is 137 Å². The maximum atomic E-state index is 14.1. The Balaban J connectivity index is 0.000000268. The zero-order chi connectivity index (χ0) is 51.7. The summed E-state index contributed by atoms with van der Waals surface area (Å²) in [7, 11) is 4.85. The van der Waals surface area contributed by atoms with Gasteiger partial charge in [-0.25, -0.2) is 5.43 Å². The Morgan fingerprint density at radius 3 is 2.36 bits per heavy atom. The molecule has 2 N–H and O–H groups in total. The van der Waals surface area contributed by atoms with Gasteiger partial charge in [0.2, 0.25) is 17.7 Å². The van der Waals surface area contributed by atoms with Crippen LogP contribution in [0.1, 0.15) is 101 Å². The third kappa shape index (κ3) is 12.8. The maximum absolute atomic E-state index is 14.1. The highest BCUT2D eigenvalue weighted by molar-refractivity contribution is 6.10. The van der Waals surface area contributed by atoms with Crippen molar-refractivity contribution in [3.63, 3.8) is 0 Å². The van der Waals surface area contributed by atoms with E-state index in [1.54, 1.807) is 52.6 Å². The molecule has 70 heavy (non-hydrogen) atoms. The van der Waals surface area contributed by atoms with Crippen LogP contribution in [0.4, 0.5) is 18.9 Å². The first-order valence-corrected chi connectivity index (χ1v) is 23.9. The SMILES string of the molecule is C=CC(=O)N1CCC(C(=O)N(C)C(C(=O)NC(CC)C(=O)N2CCCCN2)C(C)C)C1.COC(C)c1c(-c2c(CC(C)(C)COC=O)c3c(n2CC(F)(F)F)CCN(c2ccccc2)C3=O)cnn1C. The van der Waals surface area contributed by atoms with E-state index < -0.39 is 36.3 Å². The Labute approximate surface area is 408 Å². The van der Waals surface area contributed by atoms with Crippen LogP contribution in [0.5, 0.6) is 0 Å². The number of halogens is 3. The Morgan fingerprint density at radius 1 is 1.07 bits per heavy atom. The van der Waals surface area contributed by atoms with Crippen LogP contribution in [0.3, 0.4) is 0 Å². The topological polar surface area (TPSA) is 181 Å². The zero-order valence-corrected chi connectivity index (χ0v) is 41.9. The van der Waals surface area contributed by atoms with Crippen LogP contribution < -0.4 is 15.6 Å². The van der Waals surface area contributed by atoms with Gasteiger partial charge in [-0.15, -0.1) is 0 Å². The average molecular weight is 982 g/mol. The first kappa shape index (κ1) is 54.9. The molecule has 2 saturated heterocycles. The van der Waals surface area contributed by atoms with Crippen molar-refractivity contribution in [1.82, 2.24) is 39.9 Å². The lowest BCUT2D eigenvalue weighted by Gasteiger charge is -2.34. The smallest absolute Gasteiger partial charge is 0.406 e. The summed E-state index contributed by atoms with van der Waals surface area (Å²) < 4.78 is 55.6. The van der Waals surface area contributed by atoms with Gasteiger partial charge in [0.15, 0.2) is 0 Å². The van der Waals surface area contributed by atoms with E-state index in [2.05, 4.69) is 22.4 Å². The fraction of sp³-hybridized carbons (Fsp3) is 0.580. The predicted molar refractivity (Wildman–Crippen MR) is 257 cm³/mol. The molecular weight excluding hydrogens is 912 g/mol. The number of ether oxygens (including phenoxy) is 2. The Morgan fingerprint density at radius 2 is 1.77 bits per heavy atom. The van der Waals surface area contributed by atoms with Gasteiger partial charge in [0, 0.05) is 82.7 Å². The molecule has 0 spiro atoms. The fourth-order valence-corrected chi connectivity index (χ4v) is 9.69. The lowest BCUT2D eigenvalue weighted by molar-refractivity contribution is -0.146. The number of carbonyl (C=O) groups is 6. The quantitative estimate of drug-likeness (QED) is 0.120. The number of nitrogens with one attached hydrogen (secondary N) is 2. The van der Waals surface area contributed by atoms with Gasteiger partial charge in [0.05, 0.1) is 41.8 Å². The van der Waals surface area contributed by atoms with Gasteiger partial charge in [-0.1, -0.05) is 59.4 Å². The number of hydrogen-bond acceptors (Lipinski definition) is 10. The zero-order valence-electron chi connectivity index (χ0n) is 41.9. The van der Waals surface area contributed by atoms with Gasteiger partial charge in [-0.3, -0.25) is 38.5 Å². The highest BCUT2D eigenvalue weighted by Gasteiger charge is 2.42. The van der Waals surface area contributed by atoms with Gasteiger partial charge < -0.3 is 34.1 Å². The summed E-state index contributed by atoms with van der Waals surface area (Å²) in [4.78, 5) is 80.6. The molecule has 2 fully saturated rings. The van der Waals surface area contributed by atoms with Crippen molar-refractivity contribution in [2.45, 2.75) is 111 Å². The van der Waals surface area contributed by atoms with Crippen LogP contribution in [-0.2, 0) is 59.9 Å². The molecule has 2 aromatic heterocycles. The molecule has 1 aromatic carbocycles. The molecule has 5 amide bonds. The second kappa shape index (κ2) is 23.7. The van der Waals surface area contributed by atoms with Gasteiger partial charge in [-0.2, -0.15) is 18.3 Å². The predicted octanol–water partition coefficient (Wildman–Crippen LogP) is 5.63. The number of anilines is 1. The van der Waals surface area contributed by atoms with Gasteiger partial charge in [0.1, 0.15) is 18.6 Å². The summed E-state index contributed by atoms with van der Waals surface area (Å²) in [6, 6.07) is 7.72. The number of likely N-dealkylation sites (tertiary alicyclic amines) is 1. The summed E-state index contributed by atoms with van der Waals surface area (Å²) in [6.07, 6.45) is 1.16. The van der Waals surface area contributed by atoms with Gasteiger partial charge >= 0.3 is 6.18 Å². The van der Waals surface area contributed by atoms with E-state index in [-0.39, 0.29) is 78.6 Å². The van der Waals surface area contributed by atoms with Gasteiger partial charge in [0.25, 0.3) is 18.3 Å². The van der Waals surface area contributed by atoms with E-state index in [0.717, 1.165) is 19.4 Å². The number of para-hydroxylation sites is 1. The number of fused-ring (bicyclic) bond motifs is 1. The number of aryl methyl sites for hydroxylation is 1. The molecule has 6 rings (SSSR count). The summed E-state index contributed by atoms with van der Waals surface area (Å²) in [5.41, 5.74) is 5.47. The minimum absolute atomic E-state index is 0.0279. The number of benzene rings is 1. The van der Waals surface area contributed by atoms with Crippen molar-refractivity contribution < 1.29 is 51.4 Å². The summed E-state index contributed by atoms with van der Waals surface area (Å²) in [6.45, 7) is 16.1. The molecule has 5 heterocycles. The number of amides is 5. The number of nitrogens with zero attached hydrogens (tertiary/aromatic N) is 7. The van der Waals surface area contributed by atoms with E-state index in [0.29, 0.717) is 67.2 Å². The molecule has 0 radical (unpaired) electrons. The van der Waals surface area contributed by atoms with Crippen LogP contribution in [0.2, 0.25) is 0 Å². The molecule has 3 aliphatic rings. The number of aromatic nitrogens is 3. The van der Waals surface area contributed by atoms with Crippen molar-refractivity contribution in [3.8, 4) is 11.3 Å². The summed E-state index contributed by atoms with van der Waals surface area (Å²) in [5.74, 6) is -1.68. The lowest BCUT2D eigenvalue weighted by Crippen LogP contribution is -2.59. The van der Waals surface area contributed by atoms with Crippen LogP contribution in [0.15, 0.2) is 49.2 Å². The largest absolute Gasteiger partial charge is 0.467 e. The number of alkyl halides is 3. The first-order chi connectivity index (χ1) is 33.1. The normalized spacial score (nSPS) is 17.5. The number of methoxy groups -OCH3 is 1. The summed E-state index contributed by atoms with van der Waals surface area (Å²) in [5, 5.41) is 8.80. The standard InChI is InChI=1S/C28H33F3N4O4.C22H37N5O4/c1-18(38-5)24-21(14-32-33(24)4)25-20(13-27(2,3)16-39-17-36)23-22(35(25)15-28(29,30)31)11-12-34(26(23)37)19-9-7-6-8-10-19;1-6-17(22(31)27-12-9-8-11-23-27)24-20(29)19(15(3)4)25(5)21(30)16-10-13-26(14-16)18(28)7-2/h6-10,14,17-18H,11-13,15-16H2,1-5H3;7,15-17,19,23H,2,6,8-14H2,1,3-5H3,(H,24,29). The third-order valence-corrected chi connectivity index (χ3v) is 13.2. The number of rotatable bonds is 18. The number of carbonyl (C=O) groups excluding carboxylic acids is 6. The Hall–Kier alpha value is -6.02. The number of hydrazine groups is 1. The molecule has 17 nitrogen and oxygen atoms in total. The highest BCUT2D eigenvalue weighted by Crippen LogP contribution is 2.43. The molecular formula is C50H70F3N9O8. The highest BCUT2D eigenvalue weighted by atomic mass is 19.4. The average Bonchev–Trinajstić information content (AvgIpc) is 4.05. The second-order valence-corrected chi connectivity index (χ2v) is 19.3. The minimum Gasteiger partial charge on any atom is -0.467 e. The maximum Gasteiger partial charge on any atom is 0.406 e. The molecule has 4 atom stereocenters. The first-order valence-electron chi connectivity index (χ1n) is 23.9. The Bertz CT molecular complexity index is 2340. The number of likely N-dealkylation sites (N-methyl/N-ethyl adjacent to an activating group) is 1. The fourth-order valence-electron chi connectivity index (χ4n) is 9.69. The minimum atomic E-state index is -4.54. The molecule has 0 bridgehead atoms. The Kier molecular flexibility index (Phi) is 18.6. The second-order valence-electron chi connectivity index (χ2n) is 19.3. The van der Waals surface area contributed by atoms with Crippen molar-refractivity contribution in [2.75, 3.05) is 58.4 Å². The van der Waals surface area contributed by atoms with Crippen molar-refractivity contribution in [1.29, 1.82) is 0 Å². The van der Waals surface area contributed by atoms with Gasteiger partial charge in [-0.05, 0) is 68.7 Å². The molecule has 3 aromatic rings. The van der Waals surface area contributed by atoms with E-state index in [9.17, 15) is 41.9 Å². The summed E-state index contributed by atoms with van der Waals surface area (Å²) >= 11 is 0. The van der Waals surface area contributed by atoms with Crippen molar-refractivity contribution in [2.24, 2.45) is 24.3 Å². The molecule has 0 saturated carbocycles. The lowest BCUT2D eigenvalue weighted by atomic mass is 9.83. The molecule has 4 unspecified atom stereocenters. The van der Waals surface area contributed by atoms with Crippen LogP contribution >= 0.6 is 0 Å². The van der Waals surface area contributed by atoms with Crippen molar-refractivity contribution >= 4 is 41.7 Å². The van der Waals surface area contributed by atoms with E-state index in [1.807, 2.05) is 52.8 Å². The monoisotopic (exact) mass is 982 g/mol. The van der Waals surface area contributed by atoms with E-state index in [4.69, 9.17) is 9.47 Å². The molecule has 20 heteroatoms. The third-order valence-electron chi connectivity index (χ3n) is 13.2. The molecule has 384 valence electrons. The number of hydrogen-bond donors (Lipinski definition) is 2. The van der Waals surface area contributed by atoms with Crippen LogP contribution in [0.25, 0.3) is 11.3 Å². The van der Waals surface area contributed by atoms with E-state index >= 15 is 0 Å². The van der Waals surface area contributed by atoms with Crippen LogP contribution in [0, 0.1) is 17.3 Å².